The number of hydrogen-bond donors (Lipinski definition) is 2. The van der Waals surface area contributed by atoms with Gasteiger partial charge in [0.15, 0.2) is 0 Å². The summed E-state index contributed by atoms with van der Waals surface area (Å²) in [5, 5.41) is 6.79. The van der Waals surface area contributed by atoms with Crippen LogP contribution in [0.25, 0.3) is 0 Å². The summed E-state index contributed by atoms with van der Waals surface area (Å²) in [6.45, 7) is 2.11. The molecule has 1 fully saturated rings. The molecule has 0 amide bonds. The van der Waals surface area contributed by atoms with E-state index in [1.807, 2.05) is 0 Å². The molecule has 4 nitrogen and oxygen atoms in total. The Balaban J connectivity index is 1.85. The topological polar surface area (TPSA) is 49.8 Å². The molecule has 86 valence electrons. The minimum absolute atomic E-state index is 0.558. The van der Waals surface area contributed by atoms with Gasteiger partial charge in [0.25, 0.3) is 0 Å². The molecular formula is C12H18N4. The summed E-state index contributed by atoms with van der Waals surface area (Å²) >= 11 is 0. The number of hydrogen-bond acceptors (Lipinski definition) is 4. The van der Waals surface area contributed by atoms with Crippen molar-refractivity contribution in [1.29, 1.82) is 0 Å². The van der Waals surface area contributed by atoms with E-state index in [0.717, 1.165) is 31.7 Å². The van der Waals surface area contributed by atoms with Crippen LogP contribution >= 0.6 is 0 Å². The Kier molecular flexibility index (Phi) is 2.74. The second-order valence-corrected chi connectivity index (χ2v) is 4.71. The Morgan fingerprint density at radius 1 is 1.12 bits per heavy atom. The van der Waals surface area contributed by atoms with Crippen molar-refractivity contribution in [2.24, 2.45) is 0 Å². The molecule has 2 N–H and O–H groups in total. The minimum Gasteiger partial charge on any atom is -0.364 e. The quantitative estimate of drug-likeness (QED) is 0.731. The maximum absolute atomic E-state index is 4.42. The molecule has 2 aliphatic rings. The molecule has 1 saturated heterocycles. The van der Waals surface area contributed by atoms with Crippen molar-refractivity contribution >= 4 is 5.82 Å². The summed E-state index contributed by atoms with van der Waals surface area (Å²) in [6, 6.07) is 0.558. The Bertz CT molecular complexity index is 373. The number of aromatic nitrogens is 2. The van der Waals surface area contributed by atoms with Gasteiger partial charge in [-0.05, 0) is 25.7 Å². The number of nitrogens with zero attached hydrogens (tertiary/aromatic N) is 2. The standard InChI is InChI=1S/C12H18N4/c1-2-4-10-11(5-3-1)14-8-15-12(10)16-9-6-13-7-9/h8-9,13H,1-7H2,(H,14,15,16). The average molecular weight is 218 g/mol. The number of rotatable bonds is 2. The summed E-state index contributed by atoms with van der Waals surface area (Å²) in [5.74, 6) is 1.08. The Morgan fingerprint density at radius 2 is 2.00 bits per heavy atom. The van der Waals surface area contributed by atoms with Crippen LogP contribution in [0.15, 0.2) is 6.33 Å². The molecule has 3 rings (SSSR count). The minimum atomic E-state index is 0.558. The van der Waals surface area contributed by atoms with Gasteiger partial charge in [-0.1, -0.05) is 6.42 Å². The highest BCUT2D eigenvalue weighted by Crippen LogP contribution is 2.24. The molecular weight excluding hydrogens is 200 g/mol. The molecule has 0 spiro atoms. The van der Waals surface area contributed by atoms with E-state index in [9.17, 15) is 0 Å². The van der Waals surface area contributed by atoms with Gasteiger partial charge in [-0.3, -0.25) is 0 Å². The Labute approximate surface area is 95.9 Å². The van der Waals surface area contributed by atoms with Gasteiger partial charge in [0.1, 0.15) is 12.1 Å². The van der Waals surface area contributed by atoms with Crippen LogP contribution in [0.1, 0.15) is 30.5 Å². The highest BCUT2D eigenvalue weighted by atomic mass is 15.1. The zero-order valence-corrected chi connectivity index (χ0v) is 9.50. The SMILES string of the molecule is c1nc2c(c(NC3CNC3)n1)CCCCC2. The van der Waals surface area contributed by atoms with E-state index in [2.05, 4.69) is 20.6 Å². The van der Waals surface area contributed by atoms with E-state index < -0.39 is 0 Å². The fourth-order valence-electron chi connectivity index (χ4n) is 2.41. The molecule has 16 heavy (non-hydrogen) atoms. The second-order valence-electron chi connectivity index (χ2n) is 4.71. The van der Waals surface area contributed by atoms with Gasteiger partial charge in [-0.2, -0.15) is 0 Å². The van der Waals surface area contributed by atoms with Gasteiger partial charge in [0, 0.05) is 24.3 Å². The van der Waals surface area contributed by atoms with E-state index >= 15 is 0 Å². The van der Waals surface area contributed by atoms with Crippen LogP contribution in [0, 0.1) is 0 Å². The summed E-state index contributed by atoms with van der Waals surface area (Å²) in [5.41, 5.74) is 2.63. The van der Waals surface area contributed by atoms with Crippen molar-refractivity contribution < 1.29 is 0 Å². The smallest absolute Gasteiger partial charge is 0.133 e. The fourth-order valence-corrected chi connectivity index (χ4v) is 2.41. The number of nitrogens with one attached hydrogen (secondary N) is 2. The third kappa shape index (κ3) is 1.89. The first-order valence-corrected chi connectivity index (χ1v) is 6.23. The number of fused-ring (bicyclic) bond motifs is 1. The molecule has 1 aliphatic carbocycles. The van der Waals surface area contributed by atoms with E-state index in [-0.39, 0.29) is 0 Å². The zero-order valence-electron chi connectivity index (χ0n) is 9.50. The van der Waals surface area contributed by atoms with Gasteiger partial charge < -0.3 is 10.6 Å². The lowest BCUT2D eigenvalue weighted by Crippen LogP contribution is -2.51. The van der Waals surface area contributed by atoms with Gasteiger partial charge >= 0.3 is 0 Å². The monoisotopic (exact) mass is 218 g/mol. The maximum atomic E-state index is 4.42. The van der Waals surface area contributed by atoms with Gasteiger partial charge in [-0.25, -0.2) is 9.97 Å². The third-order valence-corrected chi connectivity index (χ3v) is 3.50. The van der Waals surface area contributed by atoms with Crippen LogP contribution in [-0.4, -0.2) is 29.1 Å². The number of anilines is 1. The van der Waals surface area contributed by atoms with Crippen molar-refractivity contribution in [2.75, 3.05) is 18.4 Å². The van der Waals surface area contributed by atoms with Crippen molar-refractivity contribution in [1.82, 2.24) is 15.3 Å². The second kappa shape index (κ2) is 4.37. The molecule has 2 heterocycles. The number of aryl methyl sites for hydroxylation is 1. The molecule has 4 heteroatoms. The molecule has 0 saturated carbocycles. The van der Waals surface area contributed by atoms with Gasteiger partial charge in [0.05, 0.1) is 6.04 Å². The maximum Gasteiger partial charge on any atom is 0.133 e. The Morgan fingerprint density at radius 3 is 2.81 bits per heavy atom. The molecule has 0 aromatic carbocycles. The first-order chi connectivity index (χ1) is 7.93. The largest absolute Gasteiger partial charge is 0.364 e. The summed E-state index contributed by atoms with van der Waals surface area (Å²) in [4.78, 5) is 8.83. The van der Waals surface area contributed by atoms with Crippen LogP contribution in [0.4, 0.5) is 5.82 Å². The predicted molar refractivity (Wildman–Crippen MR) is 63.6 cm³/mol. The molecule has 0 bridgehead atoms. The normalized spacial score (nSPS) is 20.8. The third-order valence-electron chi connectivity index (χ3n) is 3.50. The highest BCUT2D eigenvalue weighted by Gasteiger charge is 2.20. The Hall–Kier alpha value is -1.16. The molecule has 0 unspecified atom stereocenters. The molecule has 1 aromatic rings. The average Bonchev–Trinajstić information content (AvgIpc) is 2.48. The van der Waals surface area contributed by atoms with Gasteiger partial charge in [0.2, 0.25) is 0 Å². The summed E-state index contributed by atoms with van der Waals surface area (Å²) < 4.78 is 0. The first kappa shape index (κ1) is 10.0. The van der Waals surface area contributed by atoms with E-state index in [1.54, 1.807) is 6.33 Å². The lowest BCUT2D eigenvalue weighted by molar-refractivity contribution is 0.470. The van der Waals surface area contributed by atoms with Crippen molar-refractivity contribution in [3.05, 3.63) is 17.6 Å². The van der Waals surface area contributed by atoms with Gasteiger partial charge in [-0.15, -0.1) is 0 Å². The van der Waals surface area contributed by atoms with Crippen LogP contribution < -0.4 is 10.6 Å². The van der Waals surface area contributed by atoms with Crippen molar-refractivity contribution in [2.45, 2.75) is 38.1 Å². The van der Waals surface area contributed by atoms with E-state index in [4.69, 9.17) is 0 Å². The van der Waals surface area contributed by atoms with E-state index in [0.29, 0.717) is 6.04 Å². The summed E-state index contributed by atoms with van der Waals surface area (Å²) in [6.07, 6.45) is 7.83. The molecule has 1 aromatic heterocycles. The van der Waals surface area contributed by atoms with Crippen LogP contribution in [0.3, 0.4) is 0 Å². The summed E-state index contributed by atoms with van der Waals surface area (Å²) in [7, 11) is 0. The van der Waals surface area contributed by atoms with Crippen LogP contribution in [-0.2, 0) is 12.8 Å². The zero-order chi connectivity index (χ0) is 10.8. The highest BCUT2D eigenvalue weighted by molar-refractivity contribution is 5.47. The van der Waals surface area contributed by atoms with E-state index in [1.165, 1.54) is 30.5 Å². The lowest BCUT2D eigenvalue weighted by Gasteiger charge is -2.29. The van der Waals surface area contributed by atoms with Crippen molar-refractivity contribution in [3.63, 3.8) is 0 Å². The lowest BCUT2D eigenvalue weighted by atomic mass is 10.1. The molecule has 0 radical (unpaired) electrons. The van der Waals surface area contributed by atoms with Crippen LogP contribution in [0.5, 0.6) is 0 Å². The molecule has 0 atom stereocenters. The first-order valence-electron chi connectivity index (χ1n) is 6.23. The molecule has 1 aliphatic heterocycles. The van der Waals surface area contributed by atoms with Crippen molar-refractivity contribution in [3.8, 4) is 0 Å². The predicted octanol–water partition coefficient (Wildman–Crippen LogP) is 1.13. The fraction of sp³-hybridized carbons (Fsp3) is 0.667. The van der Waals surface area contributed by atoms with Crippen LogP contribution in [0.2, 0.25) is 0 Å².